The number of carbonyl (C=O) groups is 2. The first-order valence-corrected chi connectivity index (χ1v) is 4.97. The molecule has 0 amide bonds. The molecule has 3 N–H and O–H groups in total. The average molecular weight is 213 g/mol. The second kappa shape index (κ2) is 5.50. The van der Waals surface area contributed by atoms with Crippen LogP contribution in [-0.2, 0) is 9.59 Å². The largest absolute Gasteiger partial charge is 0.481 e. The molecule has 5 heteroatoms. The van der Waals surface area contributed by atoms with Gasteiger partial charge in [-0.3, -0.25) is 14.9 Å². The molecule has 1 aliphatic rings. The number of hydrogen-bond acceptors (Lipinski definition) is 3. The van der Waals surface area contributed by atoms with Crippen molar-refractivity contribution in [3.05, 3.63) is 12.2 Å². The summed E-state index contributed by atoms with van der Waals surface area (Å²) in [6, 6.07) is -1.02. The molecule has 0 spiro atoms. The molecule has 15 heavy (non-hydrogen) atoms. The highest BCUT2D eigenvalue weighted by atomic mass is 16.4. The lowest BCUT2D eigenvalue weighted by atomic mass is 10.0. The van der Waals surface area contributed by atoms with E-state index in [-0.39, 0.29) is 12.5 Å². The summed E-state index contributed by atoms with van der Waals surface area (Å²) in [5.41, 5.74) is 0. The minimum absolute atomic E-state index is 0.0146. The van der Waals surface area contributed by atoms with E-state index in [0.717, 1.165) is 19.3 Å². The molecular weight excluding hydrogens is 198 g/mol. The predicted molar refractivity (Wildman–Crippen MR) is 53.6 cm³/mol. The lowest BCUT2D eigenvalue weighted by Gasteiger charge is -2.21. The van der Waals surface area contributed by atoms with Crippen LogP contribution >= 0.6 is 0 Å². The minimum Gasteiger partial charge on any atom is -0.481 e. The number of nitrogens with one attached hydrogen (secondary N) is 1. The SMILES string of the molecule is O=C(O)C[C@H](NC1C=CCCC1)C(=O)O. The van der Waals surface area contributed by atoms with Crippen LogP contribution < -0.4 is 5.32 Å². The van der Waals surface area contributed by atoms with Gasteiger partial charge in [0.1, 0.15) is 6.04 Å². The lowest BCUT2D eigenvalue weighted by Crippen LogP contribution is -2.44. The van der Waals surface area contributed by atoms with E-state index in [1.165, 1.54) is 0 Å². The summed E-state index contributed by atoms with van der Waals surface area (Å²) in [4.78, 5) is 21.2. The molecule has 0 aliphatic heterocycles. The lowest BCUT2D eigenvalue weighted by molar-refractivity contribution is -0.146. The molecule has 1 unspecified atom stereocenters. The molecule has 0 bridgehead atoms. The first-order chi connectivity index (χ1) is 7.09. The van der Waals surface area contributed by atoms with E-state index in [0.29, 0.717) is 0 Å². The van der Waals surface area contributed by atoms with E-state index in [2.05, 4.69) is 5.32 Å². The molecule has 1 aliphatic carbocycles. The summed E-state index contributed by atoms with van der Waals surface area (Å²) in [6.07, 6.45) is 6.38. The first kappa shape index (κ1) is 11.7. The van der Waals surface area contributed by atoms with Crippen LogP contribution in [0, 0.1) is 0 Å². The third-order valence-corrected chi connectivity index (χ3v) is 2.35. The molecule has 0 aromatic carbocycles. The normalized spacial score (nSPS) is 22.3. The van der Waals surface area contributed by atoms with Gasteiger partial charge in [0.25, 0.3) is 0 Å². The maximum Gasteiger partial charge on any atom is 0.321 e. The van der Waals surface area contributed by atoms with Crippen molar-refractivity contribution < 1.29 is 19.8 Å². The van der Waals surface area contributed by atoms with Crippen LogP contribution in [0.2, 0.25) is 0 Å². The van der Waals surface area contributed by atoms with Crippen LogP contribution in [0.25, 0.3) is 0 Å². The van der Waals surface area contributed by atoms with Gasteiger partial charge < -0.3 is 10.2 Å². The number of carboxylic acid groups (broad SMARTS) is 2. The molecule has 84 valence electrons. The van der Waals surface area contributed by atoms with Crippen molar-refractivity contribution in [1.29, 1.82) is 0 Å². The monoisotopic (exact) mass is 213 g/mol. The molecule has 0 saturated heterocycles. The third-order valence-electron chi connectivity index (χ3n) is 2.35. The van der Waals surface area contributed by atoms with E-state index in [1.54, 1.807) is 0 Å². The Morgan fingerprint density at radius 2 is 2.20 bits per heavy atom. The van der Waals surface area contributed by atoms with E-state index in [9.17, 15) is 9.59 Å². The molecule has 0 fully saturated rings. The molecular formula is C10H15NO4. The van der Waals surface area contributed by atoms with Crippen LogP contribution in [0.1, 0.15) is 25.7 Å². The van der Waals surface area contributed by atoms with Crippen molar-refractivity contribution >= 4 is 11.9 Å². The predicted octanol–water partition coefficient (Wildman–Crippen LogP) is 0.613. The van der Waals surface area contributed by atoms with Crippen LogP contribution in [0.4, 0.5) is 0 Å². The fourth-order valence-corrected chi connectivity index (χ4v) is 1.60. The molecule has 1 rings (SSSR count). The zero-order chi connectivity index (χ0) is 11.3. The van der Waals surface area contributed by atoms with Gasteiger partial charge in [-0.1, -0.05) is 12.2 Å². The van der Waals surface area contributed by atoms with Crippen LogP contribution in [0.3, 0.4) is 0 Å². The summed E-state index contributed by atoms with van der Waals surface area (Å²) >= 11 is 0. The van der Waals surface area contributed by atoms with Crippen LogP contribution in [-0.4, -0.2) is 34.2 Å². The quantitative estimate of drug-likeness (QED) is 0.582. The molecule has 0 heterocycles. The van der Waals surface area contributed by atoms with E-state index >= 15 is 0 Å². The Morgan fingerprint density at radius 1 is 1.47 bits per heavy atom. The molecule has 5 nitrogen and oxygen atoms in total. The minimum atomic E-state index is -1.11. The van der Waals surface area contributed by atoms with Gasteiger partial charge in [0.05, 0.1) is 6.42 Å². The van der Waals surface area contributed by atoms with Crippen molar-refractivity contribution in [3.63, 3.8) is 0 Å². The number of hydrogen-bond donors (Lipinski definition) is 3. The Kier molecular flexibility index (Phi) is 4.30. The van der Waals surface area contributed by atoms with E-state index < -0.39 is 18.0 Å². The average Bonchev–Trinajstić information content (AvgIpc) is 2.17. The highest BCUT2D eigenvalue weighted by Crippen LogP contribution is 2.11. The number of carboxylic acids is 2. The summed E-state index contributed by atoms with van der Waals surface area (Å²) in [6.45, 7) is 0. The summed E-state index contributed by atoms with van der Waals surface area (Å²) in [7, 11) is 0. The fraction of sp³-hybridized carbons (Fsp3) is 0.600. The maximum atomic E-state index is 10.8. The third kappa shape index (κ3) is 4.12. The van der Waals surface area contributed by atoms with Gasteiger partial charge in [-0.15, -0.1) is 0 Å². The Labute approximate surface area is 87.8 Å². The van der Waals surface area contributed by atoms with Gasteiger partial charge in [-0.2, -0.15) is 0 Å². The second-order valence-electron chi connectivity index (χ2n) is 3.62. The summed E-state index contributed by atoms with van der Waals surface area (Å²) in [5, 5.41) is 20.2. The van der Waals surface area contributed by atoms with Gasteiger partial charge >= 0.3 is 11.9 Å². The highest BCUT2D eigenvalue weighted by molar-refractivity contribution is 5.80. The zero-order valence-electron chi connectivity index (χ0n) is 8.35. The zero-order valence-corrected chi connectivity index (χ0v) is 8.35. The van der Waals surface area contributed by atoms with Gasteiger partial charge in [0.15, 0.2) is 0 Å². The summed E-state index contributed by atoms with van der Waals surface area (Å²) in [5.74, 6) is -2.22. The first-order valence-electron chi connectivity index (χ1n) is 4.97. The van der Waals surface area contributed by atoms with Gasteiger partial charge in [-0.05, 0) is 19.3 Å². The Bertz CT molecular complexity index is 275. The number of rotatable bonds is 5. The van der Waals surface area contributed by atoms with Crippen molar-refractivity contribution in [2.75, 3.05) is 0 Å². The van der Waals surface area contributed by atoms with Crippen molar-refractivity contribution in [3.8, 4) is 0 Å². The molecule has 0 saturated carbocycles. The molecule has 0 aromatic heterocycles. The van der Waals surface area contributed by atoms with E-state index in [1.807, 2.05) is 12.2 Å². The Hall–Kier alpha value is -1.36. The van der Waals surface area contributed by atoms with Crippen molar-refractivity contribution in [2.24, 2.45) is 0 Å². The molecule has 2 atom stereocenters. The van der Waals surface area contributed by atoms with Gasteiger partial charge in [0, 0.05) is 6.04 Å². The van der Waals surface area contributed by atoms with Crippen molar-refractivity contribution in [2.45, 2.75) is 37.8 Å². The Morgan fingerprint density at radius 3 is 2.67 bits per heavy atom. The number of allylic oxidation sites excluding steroid dienone is 1. The smallest absolute Gasteiger partial charge is 0.321 e. The highest BCUT2D eigenvalue weighted by Gasteiger charge is 2.23. The Balaban J connectivity index is 2.49. The molecule has 0 aromatic rings. The van der Waals surface area contributed by atoms with Gasteiger partial charge in [0.2, 0.25) is 0 Å². The van der Waals surface area contributed by atoms with Crippen LogP contribution in [0.15, 0.2) is 12.2 Å². The van der Waals surface area contributed by atoms with Crippen LogP contribution in [0.5, 0.6) is 0 Å². The number of aliphatic carboxylic acids is 2. The molecule has 0 radical (unpaired) electrons. The maximum absolute atomic E-state index is 10.8. The van der Waals surface area contributed by atoms with Crippen molar-refractivity contribution in [1.82, 2.24) is 5.32 Å². The van der Waals surface area contributed by atoms with E-state index in [4.69, 9.17) is 10.2 Å². The standard InChI is InChI=1S/C10H15NO4/c12-9(13)6-8(10(14)15)11-7-4-2-1-3-5-7/h2,4,7-8,11H,1,3,5-6H2,(H,12,13)(H,14,15)/t7?,8-/m0/s1. The van der Waals surface area contributed by atoms with Gasteiger partial charge in [-0.25, -0.2) is 0 Å². The summed E-state index contributed by atoms with van der Waals surface area (Å²) < 4.78 is 0. The topological polar surface area (TPSA) is 86.6 Å². The fourth-order valence-electron chi connectivity index (χ4n) is 1.60. The second-order valence-corrected chi connectivity index (χ2v) is 3.62.